The number of pyridine rings is 1. The molecule has 11 heteroatoms. The molecule has 1 fully saturated rings. The second-order valence-electron chi connectivity index (χ2n) is 10.5. The Morgan fingerprint density at radius 3 is 2.40 bits per heavy atom. The van der Waals surface area contributed by atoms with Crippen LogP contribution >= 0.6 is 35.6 Å². The first-order chi connectivity index (χ1) is 19.6. The van der Waals surface area contributed by atoms with Gasteiger partial charge in [0.1, 0.15) is 17.0 Å². The summed E-state index contributed by atoms with van der Waals surface area (Å²) in [4.78, 5) is 32.6. The van der Waals surface area contributed by atoms with Gasteiger partial charge in [0.2, 0.25) is 0 Å². The third-order valence-corrected chi connectivity index (χ3v) is 8.03. The van der Waals surface area contributed by atoms with Crippen LogP contribution in [0.15, 0.2) is 54.6 Å². The number of amides is 1. The van der Waals surface area contributed by atoms with E-state index in [0.717, 1.165) is 18.5 Å². The molecule has 226 valence electrons. The Labute approximate surface area is 262 Å². The van der Waals surface area contributed by atoms with Gasteiger partial charge < -0.3 is 24.8 Å². The van der Waals surface area contributed by atoms with Crippen molar-refractivity contribution in [2.24, 2.45) is 0 Å². The van der Waals surface area contributed by atoms with Crippen molar-refractivity contribution in [2.45, 2.75) is 43.7 Å². The molecule has 42 heavy (non-hydrogen) atoms. The Kier molecular flexibility index (Phi) is 12.0. The lowest BCUT2D eigenvalue weighted by molar-refractivity contribution is -0.147. The molecule has 3 aromatic rings. The summed E-state index contributed by atoms with van der Waals surface area (Å²) >= 11 is 13.0. The quantitative estimate of drug-likeness (QED) is 0.228. The molecule has 1 aromatic heterocycles. The van der Waals surface area contributed by atoms with E-state index in [0.29, 0.717) is 52.1 Å². The highest BCUT2D eigenvalue weighted by Gasteiger charge is 2.43. The van der Waals surface area contributed by atoms with Gasteiger partial charge in [-0.3, -0.25) is 4.79 Å². The Bertz CT molecular complexity index is 1390. The van der Waals surface area contributed by atoms with Crippen LogP contribution in [-0.4, -0.2) is 72.9 Å². The molecule has 0 unspecified atom stereocenters. The van der Waals surface area contributed by atoms with E-state index in [1.165, 1.54) is 0 Å². The molecule has 0 radical (unpaired) electrons. The van der Waals surface area contributed by atoms with E-state index in [2.05, 4.69) is 10.2 Å². The van der Waals surface area contributed by atoms with Crippen LogP contribution in [0.3, 0.4) is 0 Å². The van der Waals surface area contributed by atoms with E-state index in [-0.39, 0.29) is 37.0 Å². The van der Waals surface area contributed by atoms with Crippen LogP contribution in [0.1, 0.15) is 42.6 Å². The number of hydrogen-bond acceptors (Lipinski definition) is 6. The van der Waals surface area contributed by atoms with Gasteiger partial charge in [0.05, 0.1) is 23.4 Å². The summed E-state index contributed by atoms with van der Waals surface area (Å²) in [5.41, 5.74) is 1.33. The largest absolute Gasteiger partial charge is 0.492 e. The fourth-order valence-electron chi connectivity index (χ4n) is 5.02. The van der Waals surface area contributed by atoms with E-state index >= 15 is 0 Å². The molecule has 0 bridgehead atoms. The number of ether oxygens (including phenoxy) is 2. The molecular formula is C31H36Cl3N3O5. The van der Waals surface area contributed by atoms with Gasteiger partial charge in [-0.15, -0.1) is 12.4 Å². The molecular weight excluding hydrogens is 601 g/mol. The topological polar surface area (TPSA) is 101 Å². The molecule has 1 amide bonds. The number of aliphatic carboxylic acids is 1. The van der Waals surface area contributed by atoms with Crippen LogP contribution < -0.4 is 10.1 Å². The molecule has 1 aliphatic carbocycles. The van der Waals surface area contributed by atoms with Crippen LogP contribution in [0.4, 0.5) is 0 Å². The first-order valence-electron chi connectivity index (χ1n) is 13.6. The van der Waals surface area contributed by atoms with Gasteiger partial charge in [0, 0.05) is 35.4 Å². The minimum Gasteiger partial charge on any atom is -0.492 e. The minimum atomic E-state index is -1.39. The third kappa shape index (κ3) is 7.94. The molecule has 1 heterocycles. The number of nitrogens with zero attached hydrogens (tertiary/aromatic N) is 2. The van der Waals surface area contributed by atoms with Crippen molar-refractivity contribution in [2.75, 3.05) is 34.4 Å². The number of rotatable bonds is 11. The summed E-state index contributed by atoms with van der Waals surface area (Å²) in [6.07, 6.45) is 2.40. The number of halogens is 3. The molecule has 1 saturated carbocycles. The van der Waals surface area contributed by atoms with Gasteiger partial charge in [0.25, 0.3) is 5.91 Å². The smallest absolute Gasteiger partial charge is 0.329 e. The zero-order valence-corrected chi connectivity index (χ0v) is 26.2. The maximum absolute atomic E-state index is 13.5. The van der Waals surface area contributed by atoms with Gasteiger partial charge in [-0.25, -0.2) is 9.78 Å². The first kappa shape index (κ1) is 33.6. The average molecular weight is 637 g/mol. The highest BCUT2D eigenvalue weighted by Crippen LogP contribution is 2.38. The molecule has 4 rings (SSSR count). The van der Waals surface area contributed by atoms with E-state index in [9.17, 15) is 14.7 Å². The maximum atomic E-state index is 13.5. The summed E-state index contributed by atoms with van der Waals surface area (Å²) < 4.78 is 11.4. The van der Waals surface area contributed by atoms with Gasteiger partial charge in [-0.1, -0.05) is 47.5 Å². The monoisotopic (exact) mass is 635 g/mol. The van der Waals surface area contributed by atoms with Gasteiger partial charge in [0.15, 0.2) is 0 Å². The zero-order chi connectivity index (χ0) is 29.6. The second-order valence-corrected chi connectivity index (χ2v) is 11.3. The summed E-state index contributed by atoms with van der Waals surface area (Å²) in [6, 6.07) is 16.1. The number of methoxy groups -OCH3 is 1. The second kappa shape index (κ2) is 15.0. The summed E-state index contributed by atoms with van der Waals surface area (Å²) in [6.45, 7) is 1.35. The van der Waals surface area contributed by atoms with E-state index in [1.54, 1.807) is 37.4 Å². The van der Waals surface area contributed by atoms with Crippen LogP contribution in [0.25, 0.3) is 22.4 Å². The normalized spacial score (nSPS) is 18.3. The lowest BCUT2D eigenvalue weighted by atomic mass is 9.80. The van der Waals surface area contributed by atoms with Crippen LogP contribution in [0.2, 0.25) is 10.0 Å². The maximum Gasteiger partial charge on any atom is 0.329 e. The van der Waals surface area contributed by atoms with Crippen molar-refractivity contribution in [1.29, 1.82) is 0 Å². The lowest BCUT2D eigenvalue weighted by Crippen LogP contribution is -2.57. The summed E-state index contributed by atoms with van der Waals surface area (Å²) in [5.74, 6) is -1.13. The highest BCUT2D eigenvalue weighted by atomic mass is 35.5. The number of hydrogen-bond donors (Lipinski definition) is 2. The van der Waals surface area contributed by atoms with Gasteiger partial charge in [-0.05, 0) is 76.5 Å². The van der Waals surface area contributed by atoms with Crippen molar-refractivity contribution < 1.29 is 24.2 Å². The number of nitrogens with one attached hydrogen (secondary N) is 1. The fourth-order valence-corrected chi connectivity index (χ4v) is 5.43. The standard InChI is InChI=1S/C31H35Cl2N3O5.ClH/c1-36(2)17-6-18-41-27-19-20(9-11-25(27)33)28-23(22-7-4-5-8-24(22)32)10-12-26(34-28)29(37)35-31(30(38)39)15-13-21(40-3)14-16-31;/h4-5,7-12,19,21H,6,13-18H2,1-3H3,(H,35,37)(H,38,39);1H/t21-,31-;. The summed E-state index contributed by atoms with van der Waals surface area (Å²) in [7, 11) is 5.61. The van der Waals surface area contributed by atoms with Crippen LogP contribution in [-0.2, 0) is 9.53 Å². The predicted octanol–water partition coefficient (Wildman–Crippen LogP) is 6.62. The van der Waals surface area contributed by atoms with E-state index in [4.69, 9.17) is 37.7 Å². The predicted molar refractivity (Wildman–Crippen MR) is 168 cm³/mol. The lowest BCUT2D eigenvalue weighted by Gasteiger charge is -2.36. The molecule has 2 aromatic carbocycles. The zero-order valence-electron chi connectivity index (χ0n) is 23.9. The van der Waals surface area contributed by atoms with Crippen LogP contribution in [0.5, 0.6) is 5.75 Å². The molecule has 0 saturated heterocycles. The minimum absolute atomic E-state index is 0. The molecule has 0 aliphatic heterocycles. The van der Waals surface area contributed by atoms with Crippen molar-refractivity contribution in [1.82, 2.24) is 15.2 Å². The Balaban J connectivity index is 0.00000484. The number of benzene rings is 2. The van der Waals surface area contributed by atoms with Crippen LogP contribution in [0, 0.1) is 0 Å². The number of carboxylic acid groups (broad SMARTS) is 1. The fraction of sp³-hybridized carbons (Fsp3) is 0.387. The molecule has 8 nitrogen and oxygen atoms in total. The van der Waals surface area contributed by atoms with Gasteiger partial charge in [-0.2, -0.15) is 0 Å². The van der Waals surface area contributed by atoms with Crippen molar-refractivity contribution in [3.8, 4) is 28.1 Å². The average Bonchev–Trinajstić information content (AvgIpc) is 2.96. The Morgan fingerprint density at radius 1 is 1.05 bits per heavy atom. The highest BCUT2D eigenvalue weighted by molar-refractivity contribution is 6.33. The van der Waals surface area contributed by atoms with Gasteiger partial charge >= 0.3 is 5.97 Å². The molecule has 2 N–H and O–H groups in total. The van der Waals surface area contributed by atoms with E-state index < -0.39 is 17.4 Å². The number of aromatic nitrogens is 1. The first-order valence-corrected chi connectivity index (χ1v) is 14.3. The summed E-state index contributed by atoms with van der Waals surface area (Å²) in [5, 5.41) is 13.8. The SMILES string of the molecule is CO[C@H]1CC[C@@](NC(=O)c2ccc(-c3ccccc3Cl)c(-c3ccc(Cl)c(OCCCN(C)C)c3)n2)(C(=O)O)CC1.Cl. The molecule has 0 spiro atoms. The van der Waals surface area contributed by atoms with Crippen molar-refractivity contribution in [3.63, 3.8) is 0 Å². The number of carboxylic acids is 1. The Morgan fingerprint density at radius 2 is 1.76 bits per heavy atom. The molecule has 0 atom stereocenters. The van der Waals surface area contributed by atoms with Crippen molar-refractivity contribution >= 4 is 47.5 Å². The number of carbonyl (C=O) groups is 2. The van der Waals surface area contributed by atoms with E-state index in [1.807, 2.05) is 38.4 Å². The Hall–Kier alpha value is -2.88. The molecule has 1 aliphatic rings. The number of carbonyl (C=O) groups excluding carboxylic acids is 1. The third-order valence-electron chi connectivity index (χ3n) is 7.39. The van der Waals surface area contributed by atoms with Crippen molar-refractivity contribution in [3.05, 3.63) is 70.3 Å².